The minimum atomic E-state index is -1.07. The number of hydrogen-bond acceptors (Lipinski definition) is 8. The summed E-state index contributed by atoms with van der Waals surface area (Å²) in [6.07, 6.45) is 4.41. The van der Waals surface area contributed by atoms with Crippen LogP contribution in [0.1, 0.15) is 48.0 Å². The first-order chi connectivity index (χ1) is 19.3. The molecule has 2 N–H and O–H groups in total. The normalized spacial score (nSPS) is 14.2. The van der Waals surface area contributed by atoms with Crippen LogP contribution in [0.2, 0.25) is 0 Å². The predicted octanol–water partition coefficient (Wildman–Crippen LogP) is 3.51. The van der Waals surface area contributed by atoms with E-state index < -0.39 is 29.9 Å². The first-order valence-corrected chi connectivity index (χ1v) is 14.1. The third kappa shape index (κ3) is 8.88. The highest BCUT2D eigenvalue weighted by Crippen LogP contribution is 2.29. The van der Waals surface area contributed by atoms with Gasteiger partial charge in [0.1, 0.15) is 16.7 Å². The number of aliphatic carboxylic acids is 1. The zero-order valence-electron chi connectivity index (χ0n) is 22.8. The number of benzene rings is 1. The highest BCUT2D eigenvalue weighted by molar-refractivity contribution is 7.16. The maximum absolute atomic E-state index is 13.4. The summed E-state index contributed by atoms with van der Waals surface area (Å²) in [6, 6.07) is 8.36. The van der Waals surface area contributed by atoms with Gasteiger partial charge in [0, 0.05) is 45.3 Å². The Morgan fingerprint density at radius 1 is 1.12 bits per heavy atom. The molecular formula is C28H36N4O7S. The molecule has 0 unspecified atom stereocenters. The van der Waals surface area contributed by atoms with Crippen molar-refractivity contribution in [2.45, 2.75) is 38.6 Å². The minimum Gasteiger partial charge on any atom is -0.481 e. The Labute approximate surface area is 237 Å². The number of hydrogen-bond donors (Lipinski definition) is 2. The largest absolute Gasteiger partial charge is 0.481 e. The van der Waals surface area contributed by atoms with Crippen LogP contribution in [-0.4, -0.2) is 96.3 Å². The molecule has 3 rings (SSSR count). The maximum atomic E-state index is 13.4. The fourth-order valence-electron chi connectivity index (χ4n) is 4.04. The summed E-state index contributed by atoms with van der Waals surface area (Å²) in [5, 5.41) is 12.6. The zero-order chi connectivity index (χ0) is 28.9. The lowest BCUT2D eigenvalue weighted by Gasteiger charge is -2.36. The number of unbranched alkanes of at least 4 members (excludes halogenated alkanes) is 1. The fraction of sp³-hybridized carbons (Fsp3) is 0.464. The van der Waals surface area contributed by atoms with E-state index in [1.807, 2.05) is 37.3 Å². The lowest BCUT2D eigenvalue weighted by Crippen LogP contribution is -2.56. The molecule has 2 heterocycles. The molecule has 11 nitrogen and oxygen atoms in total. The third-order valence-electron chi connectivity index (χ3n) is 6.24. The fourth-order valence-corrected chi connectivity index (χ4v) is 5.04. The second kappa shape index (κ2) is 15.7. The van der Waals surface area contributed by atoms with E-state index in [-0.39, 0.29) is 44.7 Å². The molecule has 12 heteroatoms. The van der Waals surface area contributed by atoms with Crippen molar-refractivity contribution < 1.29 is 33.8 Å². The molecule has 3 amide bonds. The van der Waals surface area contributed by atoms with Crippen molar-refractivity contribution >= 4 is 41.3 Å². The quantitative estimate of drug-likeness (QED) is 0.348. The highest BCUT2D eigenvalue weighted by atomic mass is 32.1. The Bertz CT molecular complexity index is 1180. The van der Waals surface area contributed by atoms with E-state index in [4.69, 9.17) is 9.47 Å². The van der Waals surface area contributed by atoms with E-state index in [0.717, 1.165) is 18.4 Å². The van der Waals surface area contributed by atoms with Crippen LogP contribution in [0.5, 0.6) is 0 Å². The topological polar surface area (TPSA) is 138 Å². The average Bonchev–Trinajstić information content (AvgIpc) is 3.40. The number of ether oxygens (including phenoxy) is 2. The molecule has 1 aromatic heterocycles. The van der Waals surface area contributed by atoms with Gasteiger partial charge in [0.05, 0.1) is 18.1 Å². The minimum absolute atomic E-state index is 0.0797. The van der Waals surface area contributed by atoms with Crippen LogP contribution >= 0.6 is 11.3 Å². The van der Waals surface area contributed by atoms with Crippen molar-refractivity contribution in [3.05, 3.63) is 47.0 Å². The number of carboxylic acids is 1. The molecule has 1 aromatic carbocycles. The van der Waals surface area contributed by atoms with E-state index in [2.05, 4.69) is 10.3 Å². The van der Waals surface area contributed by atoms with Crippen LogP contribution in [-0.2, 0) is 19.1 Å². The number of piperazine rings is 1. The summed E-state index contributed by atoms with van der Waals surface area (Å²) in [6.45, 7) is 3.78. The van der Waals surface area contributed by atoms with Crippen LogP contribution in [0, 0.1) is 0 Å². The van der Waals surface area contributed by atoms with Gasteiger partial charge in [0.25, 0.3) is 5.91 Å². The van der Waals surface area contributed by atoms with E-state index in [9.17, 15) is 24.3 Å². The molecule has 2 aromatic rings. The zero-order valence-corrected chi connectivity index (χ0v) is 23.7. The van der Waals surface area contributed by atoms with Crippen molar-refractivity contribution in [2.24, 2.45) is 0 Å². The van der Waals surface area contributed by atoms with Gasteiger partial charge in [-0.2, -0.15) is 0 Å². The standard InChI is InChI=1S/C28H36N4O7S/c1-3-4-19-39-28(37)32-16-14-31(15-17-32)27(36)21(12-13-23(33)34)29-25(35)24-22(11-8-18-38-2)40-26(30-24)20-9-6-5-7-10-20/h5-11,21H,3-4,12-19H2,1-2H3,(H,29,35)(H,33,34)/t21-/m0/s1. The number of rotatable bonds is 13. The molecule has 1 atom stereocenters. The molecule has 0 radical (unpaired) electrons. The number of methoxy groups -OCH3 is 1. The van der Waals surface area contributed by atoms with Crippen molar-refractivity contribution in [1.29, 1.82) is 0 Å². The summed E-state index contributed by atoms with van der Waals surface area (Å²) in [5.74, 6) is -2.05. The lowest BCUT2D eigenvalue weighted by atomic mass is 10.1. The summed E-state index contributed by atoms with van der Waals surface area (Å²) < 4.78 is 10.3. The molecule has 0 spiro atoms. The van der Waals surface area contributed by atoms with Crippen LogP contribution < -0.4 is 5.32 Å². The number of aromatic nitrogens is 1. The number of amides is 3. The van der Waals surface area contributed by atoms with Gasteiger partial charge in [0.2, 0.25) is 5.91 Å². The highest BCUT2D eigenvalue weighted by Gasteiger charge is 2.32. The monoisotopic (exact) mass is 572 g/mol. The number of nitrogens with zero attached hydrogens (tertiary/aromatic N) is 3. The van der Waals surface area contributed by atoms with Gasteiger partial charge in [0.15, 0.2) is 0 Å². The summed E-state index contributed by atoms with van der Waals surface area (Å²) >= 11 is 1.33. The first-order valence-electron chi connectivity index (χ1n) is 13.3. The summed E-state index contributed by atoms with van der Waals surface area (Å²) in [4.78, 5) is 58.7. The van der Waals surface area contributed by atoms with Gasteiger partial charge in [-0.3, -0.25) is 14.4 Å². The Balaban J connectivity index is 1.74. The third-order valence-corrected chi connectivity index (χ3v) is 7.31. The molecule has 1 saturated heterocycles. The Morgan fingerprint density at radius 2 is 1.82 bits per heavy atom. The van der Waals surface area contributed by atoms with Crippen LogP contribution in [0.3, 0.4) is 0 Å². The van der Waals surface area contributed by atoms with E-state index in [1.54, 1.807) is 29.1 Å². The average molecular weight is 573 g/mol. The van der Waals surface area contributed by atoms with E-state index in [0.29, 0.717) is 23.1 Å². The van der Waals surface area contributed by atoms with Gasteiger partial charge >= 0.3 is 12.1 Å². The second-order valence-electron chi connectivity index (χ2n) is 9.19. The van der Waals surface area contributed by atoms with Crippen molar-refractivity contribution in [1.82, 2.24) is 20.1 Å². The van der Waals surface area contributed by atoms with E-state index >= 15 is 0 Å². The summed E-state index contributed by atoms with van der Waals surface area (Å²) in [5.41, 5.74) is 0.988. The molecule has 40 heavy (non-hydrogen) atoms. The number of carboxylic acid groups (broad SMARTS) is 1. The molecule has 0 aliphatic carbocycles. The molecule has 0 saturated carbocycles. The van der Waals surface area contributed by atoms with Gasteiger partial charge in [-0.25, -0.2) is 9.78 Å². The first kappa shape index (κ1) is 30.8. The van der Waals surface area contributed by atoms with Crippen molar-refractivity contribution in [3.8, 4) is 10.6 Å². The SMILES string of the molecule is CCCCOC(=O)N1CCN(C(=O)[C@H](CCC(=O)O)NC(=O)c2nc(-c3ccccc3)sc2C=CCOC)CC1. The summed E-state index contributed by atoms with van der Waals surface area (Å²) in [7, 11) is 1.56. The Morgan fingerprint density at radius 3 is 2.48 bits per heavy atom. The van der Waals surface area contributed by atoms with Crippen LogP contribution in [0.15, 0.2) is 36.4 Å². The number of carbonyl (C=O) groups is 4. The lowest BCUT2D eigenvalue weighted by molar-refractivity contribution is -0.138. The van der Waals surface area contributed by atoms with Crippen molar-refractivity contribution in [3.63, 3.8) is 0 Å². The molecule has 216 valence electrons. The van der Waals surface area contributed by atoms with E-state index in [1.165, 1.54) is 11.3 Å². The Hall–Kier alpha value is -3.77. The van der Waals surface area contributed by atoms with Gasteiger partial charge in [-0.15, -0.1) is 11.3 Å². The smallest absolute Gasteiger partial charge is 0.409 e. The van der Waals surface area contributed by atoms with Gasteiger partial charge in [-0.1, -0.05) is 49.8 Å². The number of nitrogens with one attached hydrogen (secondary N) is 1. The van der Waals surface area contributed by atoms with Crippen LogP contribution in [0.25, 0.3) is 16.6 Å². The molecule has 1 aliphatic heterocycles. The maximum Gasteiger partial charge on any atom is 0.409 e. The van der Waals surface area contributed by atoms with Gasteiger partial charge < -0.3 is 29.7 Å². The molecular weight excluding hydrogens is 536 g/mol. The number of carbonyl (C=O) groups excluding carboxylic acids is 3. The van der Waals surface area contributed by atoms with Crippen LogP contribution in [0.4, 0.5) is 4.79 Å². The number of thiazole rings is 1. The molecule has 0 bridgehead atoms. The predicted molar refractivity (Wildman–Crippen MR) is 151 cm³/mol. The second-order valence-corrected chi connectivity index (χ2v) is 10.2. The van der Waals surface area contributed by atoms with Crippen molar-refractivity contribution in [2.75, 3.05) is 46.5 Å². The Kier molecular flexibility index (Phi) is 12.1. The molecule has 1 aliphatic rings. The van der Waals surface area contributed by atoms with Gasteiger partial charge in [-0.05, 0) is 18.9 Å². The molecule has 1 fully saturated rings.